The molecule has 2 aliphatic rings. The third kappa shape index (κ3) is 1.45. The first kappa shape index (κ1) is 11.1. The minimum absolute atomic E-state index is 0.122. The van der Waals surface area contributed by atoms with Gasteiger partial charge in [-0.2, -0.15) is 0 Å². The van der Waals surface area contributed by atoms with Crippen LogP contribution >= 0.6 is 11.8 Å². The Balaban J connectivity index is 2.06. The maximum Gasteiger partial charge on any atom is 0.149 e. The van der Waals surface area contributed by atoms with E-state index in [0.29, 0.717) is 11.5 Å². The van der Waals surface area contributed by atoms with Crippen LogP contribution in [-0.2, 0) is 11.2 Å². The molecular formula is C14H16O2S. The molecule has 1 saturated carbocycles. The van der Waals surface area contributed by atoms with Gasteiger partial charge in [0.25, 0.3) is 0 Å². The highest BCUT2D eigenvalue weighted by molar-refractivity contribution is 8.01. The number of carbonyl (C=O) groups excluding carboxylic acids is 1. The molecule has 1 N–H and O–H groups in total. The van der Waals surface area contributed by atoms with Gasteiger partial charge in [-0.1, -0.05) is 0 Å². The lowest BCUT2D eigenvalue weighted by atomic mass is 9.78. The molecule has 0 saturated heterocycles. The lowest BCUT2D eigenvalue weighted by Crippen LogP contribution is -2.46. The van der Waals surface area contributed by atoms with Crippen molar-refractivity contribution in [2.45, 2.75) is 49.2 Å². The average molecular weight is 248 g/mol. The van der Waals surface area contributed by atoms with Gasteiger partial charge >= 0.3 is 0 Å². The standard InChI is InChI=1S/C14H16O2S/c1-8-7-11-10(9(2)13(8)16)3-5-14(17-11)6-4-12(14)15/h7,16H,3-6H2,1-2H3. The van der Waals surface area contributed by atoms with Crippen LogP contribution in [0.3, 0.4) is 0 Å². The normalized spacial score (nSPS) is 26.8. The summed E-state index contributed by atoms with van der Waals surface area (Å²) < 4.78 is -0.122. The molecule has 1 fully saturated rings. The predicted molar refractivity (Wildman–Crippen MR) is 68.7 cm³/mol. The van der Waals surface area contributed by atoms with Crippen LogP contribution in [0.15, 0.2) is 11.0 Å². The van der Waals surface area contributed by atoms with Crippen molar-refractivity contribution in [1.82, 2.24) is 0 Å². The number of rotatable bonds is 0. The number of phenols is 1. The van der Waals surface area contributed by atoms with Crippen LogP contribution in [0.1, 0.15) is 36.0 Å². The van der Waals surface area contributed by atoms with E-state index in [1.165, 1.54) is 10.5 Å². The van der Waals surface area contributed by atoms with Crippen LogP contribution in [0.4, 0.5) is 0 Å². The number of aromatic hydroxyl groups is 1. The second-order valence-corrected chi connectivity index (χ2v) is 6.59. The molecule has 90 valence electrons. The number of phenolic OH excluding ortho intramolecular Hbond substituents is 1. The number of Topliss-reactive ketones (excluding diaryl/α,β-unsaturated/α-hetero) is 1. The average Bonchev–Trinajstić information content (AvgIpc) is 2.33. The highest BCUT2D eigenvalue weighted by Gasteiger charge is 2.48. The van der Waals surface area contributed by atoms with Gasteiger partial charge in [0, 0.05) is 11.3 Å². The highest BCUT2D eigenvalue weighted by Crippen LogP contribution is 2.53. The van der Waals surface area contributed by atoms with Gasteiger partial charge in [-0.25, -0.2) is 0 Å². The molecule has 3 heteroatoms. The first-order valence-corrected chi connectivity index (χ1v) is 6.89. The molecule has 1 heterocycles. The Bertz CT molecular complexity index is 521. The summed E-state index contributed by atoms with van der Waals surface area (Å²) in [7, 11) is 0. The highest BCUT2D eigenvalue weighted by atomic mass is 32.2. The van der Waals surface area contributed by atoms with Crippen LogP contribution in [0.25, 0.3) is 0 Å². The zero-order valence-electron chi connectivity index (χ0n) is 10.2. The Morgan fingerprint density at radius 2 is 2.00 bits per heavy atom. The van der Waals surface area contributed by atoms with Crippen LogP contribution in [0, 0.1) is 13.8 Å². The molecule has 0 amide bonds. The summed E-state index contributed by atoms with van der Waals surface area (Å²) in [5.41, 5.74) is 3.15. The first-order valence-electron chi connectivity index (χ1n) is 6.08. The van der Waals surface area contributed by atoms with Gasteiger partial charge in [0.05, 0.1) is 4.75 Å². The van der Waals surface area contributed by atoms with E-state index in [9.17, 15) is 9.90 Å². The number of fused-ring (bicyclic) bond motifs is 1. The Morgan fingerprint density at radius 3 is 2.59 bits per heavy atom. The van der Waals surface area contributed by atoms with Crippen molar-refractivity contribution in [2.75, 3.05) is 0 Å². The summed E-state index contributed by atoms with van der Waals surface area (Å²) in [6.07, 6.45) is 3.63. The van der Waals surface area contributed by atoms with Crippen molar-refractivity contribution < 1.29 is 9.90 Å². The van der Waals surface area contributed by atoms with Crippen molar-refractivity contribution in [1.29, 1.82) is 0 Å². The molecule has 1 atom stereocenters. The van der Waals surface area contributed by atoms with Crippen molar-refractivity contribution in [2.24, 2.45) is 0 Å². The van der Waals surface area contributed by atoms with Crippen molar-refractivity contribution in [3.05, 3.63) is 22.8 Å². The second kappa shape index (κ2) is 3.52. The lowest BCUT2D eigenvalue weighted by Gasteiger charge is -2.43. The van der Waals surface area contributed by atoms with E-state index < -0.39 is 0 Å². The molecule has 1 aliphatic carbocycles. The van der Waals surface area contributed by atoms with Crippen LogP contribution in [0.2, 0.25) is 0 Å². The Kier molecular flexibility index (Phi) is 2.31. The summed E-state index contributed by atoms with van der Waals surface area (Å²) in [4.78, 5) is 13.0. The smallest absolute Gasteiger partial charge is 0.149 e. The van der Waals surface area contributed by atoms with Gasteiger partial charge in [-0.05, 0) is 55.9 Å². The number of aryl methyl sites for hydroxylation is 1. The zero-order valence-corrected chi connectivity index (χ0v) is 11.0. The van der Waals surface area contributed by atoms with Crippen molar-refractivity contribution >= 4 is 17.5 Å². The number of carbonyl (C=O) groups is 1. The largest absolute Gasteiger partial charge is 0.507 e. The second-order valence-electron chi connectivity index (χ2n) is 5.16. The van der Waals surface area contributed by atoms with E-state index in [0.717, 1.165) is 36.8 Å². The SMILES string of the molecule is Cc1cc2c(c(C)c1O)CCC1(CCC1=O)S2. The maximum absolute atomic E-state index is 11.8. The Hall–Kier alpha value is -0.960. The molecule has 0 radical (unpaired) electrons. The molecule has 1 unspecified atom stereocenters. The summed E-state index contributed by atoms with van der Waals surface area (Å²) in [6.45, 7) is 3.90. The molecule has 1 spiro atoms. The summed E-state index contributed by atoms with van der Waals surface area (Å²) >= 11 is 1.73. The zero-order chi connectivity index (χ0) is 12.2. The maximum atomic E-state index is 11.8. The fraction of sp³-hybridized carbons (Fsp3) is 0.500. The predicted octanol–water partition coefficient (Wildman–Crippen LogP) is 3.15. The van der Waals surface area contributed by atoms with E-state index in [4.69, 9.17) is 0 Å². The summed E-state index contributed by atoms with van der Waals surface area (Å²) in [6, 6.07) is 2.04. The topological polar surface area (TPSA) is 37.3 Å². The fourth-order valence-corrected chi connectivity index (χ4v) is 4.50. The molecular weight excluding hydrogens is 232 g/mol. The van der Waals surface area contributed by atoms with Crippen LogP contribution in [-0.4, -0.2) is 15.6 Å². The van der Waals surface area contributed by atoms with E-state index in [-0.39, 0.29) is 4.75 Å². The molecule has 0 bridgehead atoms. The van der Waals surface area contributed by atoms with Gasteiger partial charge in [-0.3, -0.25) is 4.79 Å². The lowest BCUT2D eigenvalue weighted by molar-refractivity contribution is -0.127. The van der Waals surface area contributed by atoms with E-state index >= 15 is 0 Å². The molecule has 1 aromatic rings. The van der Waals surface area contributed by atoms with E-state index in [1.807, 2.05) is 19.9 Å². The van der Waals surface area contributed by atoms with Gasteiger partial charge in [0.2, 0.25) is 0 Å². The van der Waals surface area contributed by atoms with Crippen LogP contribution in [0.5, 0.6) is 5.75 Å². The number of benzene rings is 1. The molecule has 1 aromatic carbocycles. The summed E-state index contributed by atoms with van der Waals surface area (Å²) in [5, 5.41) is 9.94. The quantitative estimate of drug-likeness (QED) is 0.766. The first-order chi connectivity index (χ1) is 8.03. The van der Waals surface area contributed by atoms with Gasteiger partial charge < -0.3 is 5.11 Å². The number of hydrogen-bond donors (Lipinski definition) is 1. The monoisotopic (exact) mass is 248 g/mol. The number of ketones is 1. The van der Waals surface area contributed by atoms with Gasteiger partial charge in [0.15, 0.2) is 0 Å². The molecule has 0 aromatic heterocycles. The Morgan fingerprint density at radius 1 is 1.29 bits per heavy atom. The van der Waals surface area contributed by atoms with Crippen molar-refractivity contribution in [3.63, 3.8) is 0 Å². The minimum Gasteiger partial charge on any atom is -0.507 e. The van der Waals surface area contributed by atoms with E-state index in [1.54, 1.807) is 11.8 Å². The number of thioether (sulfide) groups is 1. The number of hydrogen-bond acceptors (Lipinski definition) is 3. The Labute approximate surface area is 105 Å². The van der Waals surface area contributed by atoms with Gasteiger partial charge in [-0.15, -0.1) is 11.8 Å². The van der Waals surface area contributed by atoms with E-state index in [2.05, 4.69) is 0 Å². The van der Waals surface area contributed by atoms with Crippen molar-refractivity contribution in [3.8, 4) is 5.75 Å². The fourth-order valence-electron chi connectivity index (χ4n) is 2.84. The third-order valence-electron chi connectivity index (χ3n) is 4.17. The van der Waals surface area contributed by atoms with Crippen LogP contribution < -0.4 is 0 Å². The third-order valence-corrected chi connectivity index (χ3v) is 5.79. The molecule has 2 nitrogen and oxygen atoms in total. The van der Waals surface area contributed by atoms with Gasteiger partial charge in [0.1, 0.15) is 11.5 Å². The molecule has 3 rings (SSSR count). The molecule has 17 heavy (non-hydrogen) atoms. The molecule has 1 aliphatic heterocycles. The minimum atomic E-state index is -0.122. The summed E-state index contributed by atoms with van der Waals surface area (Å²) in [5.74, 6) is 0.830.